The van der Waals surface area contributed by atoms with Gasteiger partial charge in [0.1, 0.15) is 11.5 Å². The summed E-state index contributed by atoms with van der Waals surface area (Å²) in [6.07, 6.45) is 2.55. The van der Waals surface area contributed by atoms with Crippen LogP contribution in [0.5, 0.6) is 11.5 Å². The van der Waals surface area contributed by atoms with E-state index in [0.29, 0.717) is 6.04 Å². The summed E-state index contributed by atoms with van der Waals surface area (Å²) in [4.78, 5) is 12.3. The van der Waals surface area contributed by atoms with Gasteiger partial charge in [-0.3, -0.25) is 9.89 Å². The quantitative estimate of drug-likeness (QED) is 0.332. The number of nitrogens with one attached hydrogen (secondary N) is 1. The van der Waals surface area contributed by atoms with Gasteiger partial charge in [-0.15, -0.1) is 24.0 Å². The third-order valence-corrected chi connectivity index (χ3v) is 6.01. The molecule has 7 nitrogen and oxygen atoms in total. The SMILES string of the molecule is CCNC(=NCC1CCCN1C)N1CCN(Cc2cc(OC)ccc2OC)CC1.I. The number of nitrogens with zero attached hydrogens (tertiary/aromatic N) is 4. The van der Waals surface area contributed by atoms with Crippen molar-refractivity contribution in [1.82, 2.24) is 20.0 Å². The molecule has 0 saturated carbocycles. The Morgan fingerprint density at radius 1 is 1.13 bits per heavy atom. The number of piperazine rings is 1. The normalized spacial score (nSPS) is 20.7. The van der Waals surface area contributed by atoms with Crippen molar-refractivity contribution in [1.29, 1.82) is 0 Å². The summed E-state index contributed by atoms with van der Waals surface area (Å²) >= 11 is 0. The van der Waals surface area contributed by atoms with Gasteiger partial charge in [-0.2, -0.15) is 0 Å². The Morgan fingerprint density at radius 3 is 2.50 bits per heavy atom. The van der Waals surface area contributed by atoms with Crippen LogP contribution in [0.25, 0.3) is 0 Å². The molecule has 3 rings (SSSR count). The van der Waals surface area contributed by atoms with E-state index in [4.69, 9.17) is 14.5 Å². The van der Waals surface area contributed by atoms with E-state index >= 15 is 0 Å². The largest absolute Gasteiger partial charge is 0.497 e. The second-order valence-corrected chi connectivity index (χ2v) is 7.91. The van der Waals surface area contributed by atoms with Crippen LogP contribution in [0.15, 0.2) is 23.2 Å². The van der Waals surface area contributed by atoms with E-state index in [1.807, 2.05) is 12.1 Å². The molecule has 2 saturated heterocycles. The number of ether oxygens (including phenoxy) is 2. The summed E-state index contributed by atoms with van der Waals surface area (Å²) < 4.78 is 10.9. The lowest BCUT2D eigenvalue weighted by molar-refractivity contribution is 0.170. The second-order valence-electron chi connectivity index (χ2n) is 7.91. The van der Waals surface area contributed by atoms with E-state index in [1.165, 1.54) is 24.9 Å². The standard InChI is InChI=1S/C22H37N5O2.HI/c1-5-23-22(24-16-19-7-6-10-25(19)2)27-13-11-26(12-14-27)17-18-15-20(28-3)8-9-21(18)29-4;/h8-9,15,19H,5-7,10-14,16-17H2,1-4H3,(H,23,24);1H. The first-order valence-corrected chi connectivity index (χ1v) is 10.8. The number of rotatable bonds is 7. The number of guanidine groups is 1. The van der Waals surface area contributed by atoms with Crippen molar-refractivity contribution in [3.8, 4) is 11.5 Å². The molecule has 1 aromatic carbocycles. The summed E-state index contributed by atoms with van der Waals surface area (Å²) in [6.45, 7) is 9.99. The maximum Gasteiger partial charge on any atom is 0.194 e. The molecule has 1 atom stereocenters. The number of likely N-dealkylation sites (N-methyl/N-ethyl adjacent to an activating group) is 1. The van der Waals surface area contributed by atoms with Gasteiger partial charge in [0.2, 0.25) is 0 Å². The molecular formula is C22H38IN5O2. The lowest BCUT2D eigenvalue weighted by Gasteiger charge is -2.37. The zero-order chi connectivity index (χ0) is 20.6. The van der Waals surface area contributed by atoms with Crippen LogP contribution in [0.1, 0.15) is 25.3 Å². The Bertz CT molecular complexity index is 679. The maximum atomic E-state index is 5.54. The smallest absolute Gasteiger partial charge is 0.194 e. The van der Waals surface area contributed by atoms with Crippen molar-refractivity contribution in [2.45, 2.75) is 32.4 Å². The van der Waals surface area contributed by atoms with Crippen molar-refractivity contribution < 1.29 is 9.47 Å². The van der Waals surface area contributed by atoms with Crippen molar-refractivity contribution in [2.75, 3.05) is 67.1 Å². The van der Waals surface area contributed by atoms with Gasteiger partial charge in [0, 0.05) is 50.9 Å². The average molecular weight is 531 g/mol. The van der Waals surface area contributed by atoms with Crippen LogP contribution in [0.4, 0.5) is 0 Å². The minimum atomic E-state index is 0. The molecular weight excluding hydrogens is 493 g/mol. The summed E-state index contributed by atoms with van der Waals surface area (Å²) in [5.41, 5.74) is 1.17. The van der Waals surface area contributed by atoms with Crippen molar-refractivity contribution in [3.05, 3.63) is 23.8 Å². The number of hydrogen-bond donors (Lipinski definition) is 1. The summed E-state index contributed by atoms with van der Waals surface area (Å²) in [5.74, 6) is 2.85. The van der Waals surface area contributed by atoms with Gasteiger partial charge in [0.05, 0.1) is 20.8 Å². The van der Waals surface area contributed by atoms with Crippen LogP contribution < -0.4 is 14.8 Å². The molecule has 8 heteroatoms. The third-order valence-electron chi connectivity index (χ3n) is 6.01. The molecule has 1 N–H and O–H groups in total. The molecule has 2 fully saturated rings. The van der Waals surface area contributed by atoms with E-state index in [0.717, 1.165) is 63.3 Å². The lowest BCUT2D eigenvalue weighted by Crippen LogP contribution is -2.52. The Labute approximate surface area is 198 Å². The molecule has 1 aromatic rings. The van der Waals surface area contributed by atoms with Crippen molar-refractivity contribution in [3.63, 3.8) is 0 Å². The van der Waals surface area contributed by atoms with E-state index in [-0.39, 0.29) is 24.0 Å². The number of aliphatic imine (C=N–C) groups is 1. The summed E-state index contributed by atoms with van der Waals surface area (Å²) in [7, 11) is 5.64. The first kappa shape index (κ1) is 25.0. The Balaban J connectivity index is 0.00000320. The van der Waals surface area contributed by atoms with E-state index in [1.54, 1.807) is 14.2 Å². The maximum absolute atomic E-state index is 5.54. The molecule has 0 radical (unpaired) electrons. The van der Waals surface area contributed by atoms with Crippen molar-refractivity contribution >= 4 is 29.9 Å². The highest BCUT2D eigenvalue weighted by Gasteiger charge is 2.23. The number of methoxy groups -OCH3 is 2. The third kappa shape index (κ3) is 6.62. The van der Waals surface area contributed by atoms with Gasteiger partial charge in [-0.1, -0.05) is 0 Å². The predicted octanol–water partition coefficient (Wildman–Crippen LogP) is 2.50. The van der Waals surface area contributed by atoms with Gasteiger partial charge in [-0.25, -0.2) is 0 Å². The highest BCUT2D eigenvalue weighted by Crippen LogP contribution is 2.25. The minimum Gasteiger partial charge on any atom is -0.497 e. The zero-order valence-electron chi connectivity index (χ0n) is 18.9. The number of likely N-dealkylation sites (tertiary alicyclic amines) is 1. The lowest BCUT2D eigenvalue weighted by atomic mass is 10.1. The number of halogens is 1. The fourth-order valence-corrected chi connectivity index (χ4v) is 4.19. The fourth-order valence-electron chi connectivity index (χ4n) is 4.19. The summed E-state index contributed by atoms with van der Waals surface area (Å²) in [5, 5.41) is 3.49. The van der Waals surface area contributed by atoms with Crippen LogP contribution in [-0.2, 0) is 6.54 Å². The predicted molar refractivity (Wildman–Crippen MR) is 133 cm³/mol. The highest BCUT2D eigenvalue weighted by molar-refractivity contribution is 14.0. The number of benzene rings is 1. The monoisotopic (exact) mass is 531 g/mol. The zero-order valence-corrected chi connectivity index (χ0v) is 21.2. The molecule has 0 aromatic heterocycles. The fraction of sp³-hybridized carbons (Fsp3) is 0.682. The van der Waals surface area contributed by atoms with Gasteiger partial charge >= 0.3 is 0 Å². The van der Waals surface area contributed by atoms with Crippen LogP contribution in [0, 0.1) is 0 Å². The Hall–Kier alpha value is -1.26. The van der Waals surface area contributed by atoms with E-state index in [2.05, 4.69) is 40.1 Å². The van der Waals surface area contributed by atoms with Crippen LogP contribution in [0.3, 0.4) is 0 Å². The molecule has 170 valence electrons. The molecule has 30 heavy (non-hydrogen) atoms. The molecule has 0 bridgehead atoms. The van der Waals surface area contributed by atoms with Crippen molar-refractivity contribution in [2.24, 2.45) is 4.99 Å². The van der Waals surface area contributed by atoms with Gasteiger partial charge in [0.15, 0.2) is 5.96 Å². The Kier molecular flexibility index (Phi) is 10.5. The minimum absolute atomic E-state index is 0. The van der Waals surface area contributed by atoms with Crippen LogP contribution in [-0.4, -0.2) is 93.8 Å². The average Bonchev–Trinajstić information content (AvgIpc) is 3.16. The van der Waals surface area contributed by atoms with E-state index < -0.39 is 0 Å². The molecule has 1 unspecified atom stereocenters. The topological polar surface area (TPSA) is 52.6 Å². The van der Waals surface area contributed by atoms with Gasteiger partial charge in [-0.05, 0) is 51.6 Å². The summed E-state index contributed by atoms with van der Waals surface area (Å²) in [6, 6.07) is 6.60. The molecule has 0 spiro atoms. The molecule has 2 aliphatic rings. The van der Waals surface area contributed by atoms with E-state index in [9.17, 15) is 0 Å². The highest BCUT2D eigenvalue weighted by atomic mass is 127. The van der Waals surface area contributed by atoms with Crippen LogP contribution >= 0.6 is 24.0 Å². The molecule has 0 aliphatic carbocycles. The number of hydrogen-bond acceptors (Lipinski definition) is 5. The molecule has 0 amide bonds. The van der Waals surface area contributed by atoms with Crippen LogP contribution in [0.2, 0.25) is 0 Å². The first-order chi connectivity index (χ1) is 14.1. The first-order valence-electron chi connectivity index (χ1n) is 10.8. The van der Waals surface area contributed by atoms with Gasteiger partial charge in [0.25, 0.3) is 0 Å². The molecule has 2 aliphatic heterocycles. The molecule has 2 heterocycles. The van der Waals surface area contributed by atoms with Gasteiger partial charge < -0.3 is 24.6 Å². The second kappa shape index (κ2) is 12.6. The Morgan fingerprint density at radius 2 is 1.90 bits per heavy atom.